The highest BCUT2D eigenvalue weighted by Gasteiger charge is 2.16. The summed E-state index contributed by atoms with van der Waals surface area (Å²) >= 11 is 0. The Bertz CT molecular complexity index is 699. The molecule has 120 valence electrons. The van der Waals surface area contributed by atoms with Gasteiger partial charge >= 0.3 is 5.97 Å². The van der Waals surface area contributed by atoms with E-state index in [2.05, 4.69) is 6.92 Å². The first kappa shape index (κ1) is 16.8. The number of halogens is 3. The molecule has 0 unspecified atom stereocenters. The molecule has 0 aliphatic carbocycles. The Hall–Kier alpha value is -2.56. The molecular weight excluding hydrogens is 305 g/mol. The van der Waals surface area contributed by atoms with Gasteiger partial charge in [0.2, 0.25) is 0 Å². The lowest BCUT2D eigenvalue weighted by molar-refractivity contribution is 0.0733. The lowest BCUT2D eigenvalue weighted by Crippen LogP contribution is -2.10. The lowest BCUT2D eigenvalue weighted by atomic mass is 10.2. The van der Waals surface area contributed by atoms with Crippen LogP contribution < -0.4 is 4.74 Å². The van der Waals surface area contributed by atoms with Crippen LogP contribution in [0.2, 0.25) is 0 Å². The zero-order valence-corrected chi connectivity index (χ0v) is 12.5. The molecule has 0 amide bonds. The maximum Gasteiger partial charge on any atom is 0.343 e. The second-order valence-corrected chi connectivity index (χ2v) is 4.90. The molecule has 2 nitrogen and oxygen atoms in total. The summed E-state index contributed by atoms with van der Waals surface area (Å²) in [4.78, 5) is 11.8. The highest BCUT2D eigenvalue weighted by atomic mass is 19.2. The standard InChI is InChI=1S/C18H15F3O2/c1-2-3-4-5-12-6-8-14(9-7-12)23-18(22)13-10-15(19)17(21)16(20)11-13/h4-11H,2-3H2,1H3/b5-4+. The quantitative estimate of drug-likeness (QED) is 0.433. The number of carbonyl (C=O) groups is 1. The molecule has 0 aliphatic rings. The van der Waals surface area contributed by atoms with Crippen molar-refractivity contribution < 1.29 is 22.7 Å². The smallest absolute Gasteiger partial charge is 0.343 e. The zero-order chi connectivity index (χ0) is 16.8. The summed E-state index contributed by atoms with van der Waals surface area (Å²) in [5, 5.41) is 0. The Morgan fingerprint density at radius 1 is 1.09 bits per heavy atom. The van der Waals surface area contributed by atoms with Crippen LogP contribution in [0.3, 0.4) is 0 Å². The first-order valence-electron chi connectivity index (χ1n) is 7.14. The van der Waals surface area contributed by atoms with Gasteiger partial charge in [-0.2, -0.15) is 0 Å². The summed E-state index contributed by atoms with van der Waals surface area (Å²) in [5.41, 5.74) is 0.547. The monoisotopic (exact) mass is 320 g/mol. The molecule has 0 atom stereocenters. The third-order valence-electron chi connectivity index (χ3n) is 3.08. The van der Waals surface area contributed by atoms with Crippen LogP contribution in [0.4, 0.5) is 13.2 Å². The average Bonchev–Trinajstić information content (AvgIpc) is 2.54. The van der Waals surface area contributed by atoms with Gasteiger partial charge in [-0.3, -0.25) is 0 Å². The van der Waals surface area contributed by atoms with Crippen molar-refractivity contribution in [1.29, 1.82) is 0 Å². The summed E-state index contributed by atoms with van der Waals surface area (Å²) in [6, 6.07) is 7.84. The van der Waals surface area contributed by atoms with Crippen LogP contribution in [0, 0.1) is 17.5 Å². The summed E-state index contributed by atoms with van der Waals surface area (Å²) in [6.07, 6.45) is 6.00. The van der Waals surface area contributed by atoms with E-state index >= 15 is 0 Å². The Morgan fingerprint density at radius 3 is 2.26 bits per heavy atom. The van der Waals surface area contributed by atoms with Crippen LogP contribution in [-0.2, 0) is 0 Å². The van der Waals surface area contributed by atoms with Crippen LogP contribution in [-0.4, -0.2) is 5.97 Å². The Balaban J connectivity index is 2.08. The van der Waals surface area contributed by atoms with Gasteiger partial charge in [0.1, 0.15) is 5.75 Å². The average molecular weight is 320 g/mol. The van der Waals surface area contributed by atoms with E-state index in [9.17, 15) is 18.0 Å². The fourth-order valence-corrected chi connectivity index (χ4v) is 1.87. The SMILES string of the molecule is CCC/C=C/c1ccc(OC(=O)c2cc(F)c(F)c(F)c2)cc1. The highest BCUT2D eigenvalue weighted by Crippen LogP contribution is 2.18. The minimum Gasteiger partial charge on any atom is -0.423 e. The minimum absolute atomic E-state index is 0.229. The molecule has 2 aromatic carbocycles. The fraction of sp³-hybridized carbons (Fsp3) is 0.167. The number of unbranched alkanes of at least 4 members (excludes halogenated alkanes) is 1. The highest BCUT2D eigenvalue weighted by molar-refractivity contribution is 5.91. The fourth-order valence-electron chi connectivity index (χ4n) is 1.87. The summed E-state index contributed by atoms with van der Waals surface area (Å²) in [5.74, 6) is -5.23. The van der Waals surface area contributed by atoms with Crippen molar-refractivity contribution in [2.75, 3.05) is 0 Å². The number of carbonyl (C=O) groups excluding carboxylic acids is 1. The molecule has 2 rings (SSSR count). The number of esters is 1. The van der Waals surface area contributed by atoms with Crippen LogP contribution >= 0.6 is 0 Å². The van der Waals surface area contributed by atoms with Crippen molar-refractivity contribution in [3.8, 4) is 5.75 Å². The number of rotatable bonds is 5. The number of allylic oxidation sites excluding steroid dienone is 1. The lowest BCUT2D eigenvalue weighted by Gasteiger charge is -2.05. The van der Waals surface area contributed by atoms with Gasteiger partial charge in [-0.05, 0) is 36.2 Å². The van der Waals surface area contributed by atoms with Gasteiger partial charge in [-0.25, -0.2) is 18.0 Å². The van der Waals surface area contributed by atoms with Crippen molar-refractivity contribution in [2.45, 2.75) is 19.8 Å². The van der Waals surface area contributed by atoms with Gasteiger partial charge in [-0.15, -0.1) is 0 Å². The zero-order valence-electron chi connectivity index (χ0n) is 12.5. The molecule has 0 spiro atoms. The molecule has 2 aromatic rings. The number of hydrogen-bond donors (Lipinski definition) is 0. The first-order valence-corrected chi connectivity index (χ1v) is 7.14. The van der Waals surface area contributed by atoms with E-state index < -0.39 is 29.0 Å². The molecule has 0 bridgehead atoms. The summed E-state index contributed by atoms with van der Waals surface area (Å²) < 4.78 is 44.1. The third kappa shape index (κ3) is 4.45. The van der Waals surface area contributed by atoms with E-state index in [0.29, 0.717) is 12.1 Å². The van der Waals surface area contributed by atoms with Crippen LogP contribution in [0.5, 0.6) is 5.75 Å². The molecule has 23 heavy (non-hydrogen) atoms. The van der Waals surface area contributed by atoms with E-state index in [1.807, 2.05) is 12.2 Å². The molecular formula is C18H15F3O2. The van der Waals surface area contributed by atoms with Crippen LogP contribution in [0.1, 0.15) is 35.7 Å². The van der Waals surface area contributed by atoms with Crippen molar-refractivity contribution in [3.63, 3.8) is 0 Å². The van der Waals surface area contributed by atoms with Gasteiger partial charge in [-0.1, -0.05) is 37.6 Å². The number of hydrogen-bond acceptors (Lipinski definition) is 2. The molecule has 0 radical (unpaired) electrons. The van der Waals surface area contributed by atoms with E-state index in [0.717, 1.165) is 18.4 Å². The Labute approximate surface area is 132 Å². The van der Waals surface area contributed by atoms with Gasteiger partial charge in [0.25, 0.3) is 0 Å². The molecule has 0 saturated heterocycles. The molecule has 0 aromatic heterocycles. The Kier molecular flexibility index (Phi) is 5.57. The molecule has 0 N–H and O–H groups in total. The van der Waals surface area contributed by atoms with Crippen molar-refractivity contribution >= 4 is 12.0 Å². The predicted molar refractivity (Wildman–Crippen MR) is 81.7 cm³/mol. The first-order chi connectivity index (χ1) is 11.0. The summed E-state index contributed by atoms with van der Waals surface area (Å²) in [6.45, 7) is 2.08. The van der Waals surface area contributed by atoms with E-state index in [1.54, 1.807) is 24.3 Å². The molecule has 0 aliphatic heterocycles. The topological polar surface area (TPSA) is 26.3 Å². The molecule has 0 heterocycles. The molecule has 0 fully saturated rings. The Morgan fingerprint density at radius 2 is 1.70 bits per heavy atom. The second-order valence-electron chi connectivity index (χ2n) is 4.90. The normalized spacial score (nSPS) is 11.0. The van der Waals surface area contributed by atoms with E-state index in [1.165, 1.54) is 0 Å². The largest absolute Gasteiger partial charge is 0.423 e. The van der Waals surface area contributed by atoms with Gasteiger partial charge in [0.05, 0.1) is 5.56 Å². The van der Waals surface area contributed by atoms with E-state index in [4.69, 9.17) is 4.74 Å². The van der Waals surface area contributed by atoms with Crippen LogP contribution in [0.25, 0.3) is 6.08 Å². The molecule has 0 saturated carbocycles. The maximum atomic E-state index is 13.1. The summed E-state index contributed by atoms with van der Waals surface area (Å²) in [7, 11) is 0. The maximum absolute atomic E-state index is 13.1. The van der Waals surface area contributed by atoms with Gasteiger partial charge in [0.15, 0.2) is 17.5 Å². The second kappa shape index (κ2) is 7.63. The van der Waals surface area contributed by atoms with Gasteiger partial charge in [0, 0.05) is 0 Å². The van der Waals surface area contributed by atoms with E-state index in [-0.39, 0.29) is 5.75 Å². The number of ether oxygens (including phenoxy) is 1. The number of benzene rings is 2. The van der Waals surface area contributed by atoms with Crippen molar-refractivity contribution in [2.24, 2.45) is 0 Å². The molecule has 5 heteroatoms. The minimum atomic E-state index is -1.62. The van der Waals surface area contributed by atoms with Gasteiger partial charge < -0.3 is 4.74 Å². The predicted octanol–water partition coefficient (Wildman–Crippen LogP) is 5.14. The van der Waals surface area contributed by atoms with Crippen molar-refractivity contribution in [3.05, 3.63) is 71.1 Å². The van der Waals surface area contributed by atoms with Crippen molar-refractivity contribution in [1.82, 2.24) is 0 Å². The third-order valence-corrected chi connectivity index (χ3v) is 3.08. The van der Waals surface area contributed by atoms with Crippen LogP contribution in [0.15, 0.2) is 42.5 Å².